The highest BCUT2D eigenvalue weighted by atomic mass is 31.2. The average molecular weight is 688 g/mol. The number of aliphatic hydroxyl groups excluding tert-OH is 1. The monoisotopic (exact) mass is 687 g/mol. The topological polar surface area (TPSA) is 208 Å². The van der Waals surface area contributed by atoms with Crippen LogP contribution >= 0.6 is 7.82 Å². The highest BCUT2D eigenvalue weighted by molar-refractivity contribution is 7.48. The lowest BCUT2D eigenvalue weighted by Gasteiger charge is -2.34. The summed E-state index contributed by atoms with van der Waals surface area (Å²) in [5, 5.41) is 16.8. The molecule has 0 aromatic rings. The number of nitrogens with zero attached hydrogens (tertiary/aromatic N) is 4. The van der Waals surface area contributed by atoms with Gasteiger partial charge in [-0.3, -0.25) is 18.4 Å². The van der Waals surface area contributed by atoms with Gasteiger partial charge in [0.15, 0.2) is 24.6 Å². The third kappa shape index (κ3) is 9.53. The first-order valence-electron chi connectivity index (χ1n) is 15.9. The SMILES string of the molecule is C=C1NC(=O)C=CN1[C@@H]1O[C@](CN=[N+]=[N-])(COP(=O)(OC(C)C(=O)OC2CCCCC2)OC(C)C(=O)OC2CCCCC2)[C@@H](O)[C@H]1F. The molecule has 47 heavy (non-hydrogen) atoms. The molecular formula is C29H43FN5O11P. The van der Waals surface area contributed by atoms with Crippen molar-refractivity contribution in [1.82, 2.24) is 10.2 Å². The fraction of sp³-hybridized carbons (Fsp3) is 0.759. The Kier molecular flexibility index (Phi) is 12.8. The summed E-state index contributed by atoms with van der Waals surface area (Å²) in [7, 11) is -4.94. The molecule has 18 heteroatoms. The number of amides is 1. The predicted octanol–water partition coefficient (Wildman–Crippen LogP) is 4.19. The molecule has 0 bridgehead atoms. The van der Waals surface area contributed by atoms with Gasteiger partial charge in [0.25, 0.3) is 5.91 Å². The van der Waals surface area contributed by atoms with Gasteiger partial charge >= 0.3 is 19.8 Å². The van der Waals surface area contributed by atoms with Crippen LogP contribution in [0.25, 0.3) is 10.4 Å². The summed E-state index contributed by atoms with van der Waals surface area (Å²) in [6.07, 6.45) is 1.02. The summed E-state index contributed by atoms with van der Waals surface area (Å²) in [4.78, 5) is 41.3. The van der Waals surface area contributed by atoms with Crippen LogP contribution in [-0.4, -0.2) is 89.5 Å². The summed E-state index contributed by atoms with van der Waals surface area (Å²) in [6, 6.07) is 0. The van der Waals surface area contributed by atoms with Gasteiger partial charge in [0.2, 0.25) is 0 Å². The minimum absolute atomic E-state index is 0.0641. The van der Waals surface area contributed by atoms with Crippen LogP contribution in [0.2, 0.25) is 0 Å². The lowest BCUT2D eigenvalue weighted by atomic mass is 9.97. The zero-order valence-corrected chi connectivity index (χ0v) is 27.4. The standard InChI is InChI=1S/C29H43FN5O11P/c1-18(27(38)42-21-10-6-4-7-11-21)45-47(40,46-19(2)28(39)43-22-12-8-5-9-13-22)41-17-29(16-32-34-31)25(37)24(30)26(44-29)35-15-14-23(36)33-20(35)3/h14-15,18-19,21-22,24-26,37H,3-13,16-17H2,1-2H3,(H,33,36)/t18?,19?,24-,25+,26-,29-,47?/m1/s1. The minimum Gasteiger partial charge on any atom is -0.460 e. The Morgan fingerprint density at radius 3 is 2.15 bits per heavy atom. The van der Waals surface area contributed by atoms with Crippen LogP contribution in [0.5, 0.6) is 0 Å². The van der Waals surface area contributed by atoms with Crippen LogP contribution in [0.3, 0.4) is 0 Å². The first kappa shape index (κ1) is 36.8. The molecule has 1 amide bonds. The Labute approximate surface area is 272 Å². The molecule has 2 saturated carbocycles. The summed E-state index contributed by atoms with van der Waals surface area (Å²) < 4.78 is 63.3. The lowest BCUT2D eigenvalue weighted by Crippen LogP contribution is -2.49. The molecule has 0 aromatic heterocycles. The van der Waals surface area contributed by atoms with Crippen molar-refractivity contribution in [2.24, 2.45) is 5.11 Å². The van der Waals surface area contributed by atoms with Gasteiger partial charge < -0.3 is 29.5 Å². The second-order valence-electron chi connectivity index (χ2n) is 12.1. The number of ether oxygens (including phenoxy) is 3. The van der Waals surface area contributed by atoms with E-state index in [9.17, 15) is 24.1 Å². The van der Waals surface area contributed by atoms with Crippen LogP contribution in [0, 0.1) is 0 Å². The Hall–Kier alpha value is -3.04. The molecule has 2 aliphatic heterocycles. The molecule has 0 radical (unpaired) electrons. The van der Waals surface area contributed by atoms with Crippen molar-refractivity contribution in [3.05, 3.63) is 35.1 Å². The molecule has 3 fully saturated rings. The Morgan fingerprint density at radius 1 is 1.13 bits per heavy atom. The Bertz CT molecular complexity index is 1240. The van der Waals surface area contributed by atoms with Gasteiger partial charge in [-0.05, 0) is 70.7 Å². The number of rotatable bonds is 14. The number of azide groups is 1. The van der Waals surface area contributed by atoms with Gasteiger partial charge in [-0.15, -0.1) is 0 Å². The van der Waals surface area contributed by atoms with Crippen molar-refractivity contribution in [3.8, 4) is 0 Å². The van der Waals surface area contributed by atoms with Gasteiger partial charge in [-0.25, -0.2) is 18.5 Å². The van der Waals surface area contributed by atoms with E-state index in [2.05, 4.69) is 21.9 Å². The fourth-order valence-electron chi connectivity index (χ4n) is 5.84. The van der Waals surface area contributed by atoms with E-state index >= 15 is 4.39 Å². The number of esters is 2. The number of halogens is 1. The van der Waals surface area contributed by atoms with Crippen molar-refractivity contribution < 1.29 is 56.2 Å². The van der Waals surface area contributed by atoms with Gasteiger partial charge in [0.05, 0.1) is 13.2 Å². The fourth-order valence-corrected chi connectivity index (χ4v) is 7.33. The third-order valence-electron chi connectivity index (χ3n) is 8.49. The molecule has 2 N–H and O–H groups in total. The second kappa shape index (κ2) is 16.4. The molecule has 262 valence electrons. The van der Waals surface area contributed by atoms with E-state index in [1.807, 2.05) is 0 Å². The zero-order valence-electron chi connectivity index (χ0n) is 26.5. The molecule has 2 unspecified atom stereocenters. The maximum Gasteiger partial charge on any atom is 0.476 e. The van der Waals surface area contributed by atoms with E-state index in [0.29, 0.717) is 25.7 Å². The maximum absolute atomic E-state index is 15.6. The van der Waals surface area contributed by atoms with E-state index in [1.54, 1.807) is 0 Å². The average Bonchev–Trinajstić information content (AvgIpc) is 3.29. The largest absolute Gasteiger partial charge is 0.476 e. The van der Waals surface area contributed by atoms with Crippen LogP contribution in [-0.2, 0) is 46.7 Å². The van der Waals surface area contributed by atoms with Gasteiger partial charge in [0.1, 0.15) is 29.7 Å². The molecule has 2 aliphatic carbocycles. The second-order valence-corrected chi connectivity index (χ2v) is 13.7. The quantitative estimate of drug-likeness (QED) is 0.0866. The molecule has 4 aliphatic rings. The molecule has 4 rings (SSSR count). The van der Waals surface area contributed by atoms with E-state index in [0.717, 1.165) is 49.5 Å². The molecular weight excluding hydrogens is 644 g/mol. The minimum atomic E-state index is -4.94. The van der Waals surface area contributed by atoms with E-state index in [4.69, 9.17) is 33.3 Å². The summed E-state index contributed by atoms with van der Waals surface area (Å²) >= 11 is 0. The smallest absolute Gasteiger partial charge is 0.460 e. The van der Waals surface area contributed by atoms with Crippen LogP contribution in [0.15, 0.2) is 29.8 Å². The van der Waals surface area contributed by atoms with Crippen LogP contribution in [0.1, 0.15) is 78.1 Å². The van der Waals surface area contributed by atoms with Crippen molar-refractivity contribution in [3.63, 3.8) is 0 Å². The van der Waals surface area contributed by atoms with Gasteiger partial charge in [0, 0.05) is 17.2 Å². The lowest BCUT2D eigenvalue weighted by molar-refractivity contribution is -0.163. The number of aliphatic hydroxyl groups is 1. The zero-order chi connectivity index (χ0) is 34.2. The normalized spacial score (nSPS) is 29.7. The number of phosphoric acid groups is 1. The molecule has 1 saturated heterocycles. The summed E-state index contributed by atoms with van der Waals surface area (Å²) in [6.45, 7) is 4.53. The molecule has 6 atom stereocenters. The van der Waals surface area contributed by atoms with Crippen molar-refractivity contribution in [1.29, 1.82) is 0 Å². The van der Waals surface area contributed by atoms with E-state index in [1.165, 1.54) is 20.0 Å². The van der Waals surface area contributed by atoms with Gasteiger partial charge in [-0.1, -0.05) is 24.5 Å². The number of alkyl halides is 1. The number of phosphoric ester groups is 1. The predicted molar refractivity (Wildman–Crippen MR) is 161 cm³/mol. The number of hydrogen-bond donors (Lipinski definition) is 2. The number of carbonyl (C=O) groups excluding carboxylic acids is 3. The number of nitrogens with one attached hydrogen (secondary N) is 1. The maximum atomic E-state index is 15.6. The Balaban J connectivity index is 1.54. The molecule has 0 aromatic carbocycles. The van der Waals surface area contributed by atoms with Gasteiger partial charge in [-0.2, -0.15) is 0 Å². The number of carbonyl (C=O) groups is 3. The first-order valence-corrected chi connectivity index (χ1v) is 17.3. The van der Waals surface area contributed by atoms with Crippen LogP contribution < -0.4 is 5.32 Å². The van der Waals surface area contributed by atoms with Crippen molar-refractivity contribution in [2.75, 3.05) is 13.2 Å². The van der Waals surface area contributed by atoms with E-state index < -0.39 is 75.1 Å². The highest BCUT2D eigenvalue weighted by Crippen LogP contribution is 2.53. The molecule has 16 nitrogen and oxygen atoms in total. The molecule has 2 heterocycles. The molecule has 0 spiro atoms. The van der Waals surface area contributed by atoms with E-state index in [-0.39, 0.29) is 18.0 Å². The van der Waals surface area contributed by atoms with Crippen molar-refractivity contribution >= 4 is 25.7 Å². The summed E-state index contributed by atoms with van der Waals surface area (Å²) in [5.41, 5.74) is 6.86. The number of hydrogen-bond acceptors (Lipinski definition) is 13. The van der Waals surface area contributed by atoms with Crippen LogP contribution in [0.4, 0.5) is 4.39 Å². The third-order valence-corrected chi connectivity index (χ3v) is 10.1. The van der Waals surface area contributed by atoms with Crippen molar-refractivity contribution in [2.45, 2.75) is 127 Å². The summed E-state index contributed by atoms with van der Waals surface area (Å²) in [5.74, 6) is -2.27. The first-order chi connectivity index (χ1) is 22.4. The highest BCUT2D eigenvalue weighted by Gasteiger charge is 2.58. The Morgan fingerprint density at radius 2 is 1.66 bits per heavy atom.